The molecule has 6 nitrogen and oxygen atoms in total. The summed E-state index contributed by atoms with van der Waals surface area (Å²) in [6.45, 7) is 4.01. The highest BCUT2D eigenvalue weighted by atomic mass is 79.9. The summed E-state index contributed by atoms with van der Waals surface area (Å²) in [7, 11) is 1.50. The van der Waals surface area contributed by atoms with Gasteiger partial charge in [0.2, 0.25) is 4.77 Å². The van der Waals surface area contributed by atoms with Gasteiger partial charge in [-0.3, -0.25) is 5.10 Å². The number of H-pyrrole nitrogens is 1. The second-order valence-electron chi connectivity index (χ2n) is 4.62. The Labute approximate surface area is 135 Å². The number of aromatic nitrogens is 3. The number of hydrogen-bond acceptors (Lipinski definition) is 5. The SMILES string of the molecule is COc1ccc(/C=N\n2c(C(C)C)n[nH]c2=S)c(Br)c1O. The van der Waals surface area contributed by atoms with E-state index in [4.69, 9.17) is 17.0 Å². The smallest absolute Gasteiger partial charge is 0.216 e. The van der Waals surface area contributed by atoms with E-state index in [0.29, 0.717) is 20.6 Å². The van der Waals surface area contributed by atoms with Crippen molar-refractivity contribution in [3.8, 4) is 11.5 Å². The number of methoxy groups -OCH3 is 1. The number of halogens is 1. The Morgan fingerprint density at radius 2 is 2.24 bits per heavy atom. The Morgan fingerprint density at radius 3 is 2.86 bits per heavy atom. The van der Waals surface area contributed by atoms with Crippen molar-refractivity contribution in [3.05, 3.63) is 32.8 Å². The van der Waals surface area contributed by atoms with Gasteiger partial charge in [0.15, 0.2) is 17.3 Å². The van der Waals surface area contributed by atoms with Crippen LogP contribution >= 0.6 is 28.1 Å². The average molecular weight is 371 g/mol. The lowest BCUT2D eigenvalue weighted by Gasteiger charge is -2.07. The van der Waals surface area contributed by atoms with Gasteiger partial charge in [0.05, 0.1) is 17.8 Å². The fourth-order valence-electron chi connectivity index (χ4n) is 1.74. The van der Waals surface area contributed by atoms with Gasteiger partial charge >= 0.3 is 0 Å². The van der Waals surface area contributed by atoms with E-state index in [1.807, 2.05) is 13.8 Å². The summed E-state index contributed by atoms with van der Waals surface area (Å²) in [6, 6.07) is 3.45. The van der Waals surface area contributed by atoms with Crippen LogP contribution in [0.15, 0.2) is 21.7 Å². The molecule has 0 aliphatic heterocycles. The molecule has 2 rings (SSSR count). The van der Waals surface area contributed by atoms with Crippen molar-refractivity contribution in [1.82, 2.24) is 14.9 Å². The minimum atomic E-state index is 0.0290. The summed E-state index contributed by atoms with van der Waals surface area (Å²) in [5.74, 6) is 1.34. The van der Waals surface area contributed by atoms with Crippen LogP contribution in [-0.2, 0) is 0 Å². The summed E-state index contributed by atoms with van der Waals surface area (Å²) >= 11 is 8.48. The zero-order chi connectivity index (χ0) is 15.6. The lowest BCUT2D eigenvalue weighted by Crippen LogP contribution is -2.01. The number of aromatic amines is 1. The molecule has 112 valence electrons. The zero-order valence-corrected chi connectivity index (χ0v) is 14.2. The number of benzene rings is 1. The molecule has 0 amide bonds. The second kappa shape index (κ2) is 6.40. The first-order valence-electron chi connectivity index (χ1n) is 6.22. The largest absolute Gasteiger partial charge is 0.503 e. The van der Waals surface area contributed by atoms with E-state index < -0.39 is 0 Å². The maximum absolute atomic E-state index is 9.95. The van der Waals surface area contributed by atoms with Crippen LogP contribution in [0.2, 0.25) is 0 Å². The minimum Gasteiger partial charge on any atom is -0.503 e. The molecular weight excluding hydrogens is 356 g/mol. The van der Waals surface area contributed by atoms with Crippen molar-refractivity contribution in [2.75, 3.05) is 7.11 Å². The average Bonchev–Trinajstić information content (AvgIpc) is 2.82. The van der Waals surface area contributed by atoms with Gasteiger partial charge in [-0.2, -0.15) is 14.9 Å². The number of rotatable bonds is 4. The van der Waals surface area contributed by atoms with Gasteiger partial charge in [0, 0.05) is 11.5 Å². The summed E-state index contributed by atoms with van der Waals surface area (Å²) in [4.78, 5) is 0. The van der Waals surface area contributed by atoms with Crippen LogP contribution in [0.1, 0.15) is 31.2 Å². The molecule has 0 saturated carbocycles. The van der Waals surface area contributed by atoms with Crippen molar-refractivity contribution in [2.24, 2.45) is 5.10 Å². The molecular formula is C13H15BrN4O2S. The number of hydrogen-bond donors (Lipinski definition) is 2. The van der Waals surface area contributed by atoms with Crippen molar-refractivity contribution < 1.29 is 9.84 Å². The van der Waals surface area contributed by atoms with Gasteiger partial charge in [-0.1, -0.05) is 13.8 Å². The molecule has 0 spiro atoms. The Hall–Kier alpha value is -1.67. The van der Waals surface area contributed by atoms with Crippen LogP contribution in [0, 0.1) is 4.77 Å². The molecule has 0 aliphatic carbocycles. The molecule has 0 aliphatic rings. The highest BCUT2D eigenvalue weighted by Crippen LogP contribution is 2.35. The van der Waals surface area contributed by atoms with Gasteiger partial charge in [0.1, 0.15) is 0 Å². The van der Waals surface area contributed by atoms with Crippen LogP contribution in [-0.4, -0.2) is 33.3 Å². The Balaban J connectivity index is 2.41. The third-order valence-corrected chi connectivity index (χ3v) is 3.93. The van der Waals surface area contributed by atoms with Gasteiger partial charge < -0.3 is 9.84 Å². The quantitative estimate of drug-likeness (QED) is 0.638. The molecule has 0 unspecified atom stereocenters. The number of phenols is 1. The van der Waals surface area contributed by atoms with Crippen LogP contribution in [0.5, 0.6) is 11.5 Å². The molecule has 21 heavy (non-hydrogen) atoms. The zero-order valence-electron chi connectivity index (χ0n) is 11.8. The molecule has 2 aromatic rings. The van der Waals surface area contributed by atoms with E-state index in [1.165, 1.54) is 7.11 Å². The maximum atomic E-state index is 9.95. The van der Waals surface area contributed by atoms with Gasteiger partial charge in [-0.05, 0) is 40.3 Å². The molecule has 2 N–H and O–H groups in total. The van der Waals surface area contributed by atoms with Crippen LogP contribution in [0.3, 0.4) is 0 Å². The number of nitrogens with one attached hydrogen (secondary N) is 1. The normalized spacial score (nSPS) is 11.5. The second-order valence-corrected chi connectivity index (χ2v) is 5.80. The Morgan fingerprint density at radius 1 is 1.52 bits per heavy atom. The van der Waals surface area contributed by atoms with E-state index in [1.54, 1.807) is 23.0 Å². The standard InChI is InChI=1S/C13H15BrN4O2S/c1-7(2)12-16-17-13(21)18(12)15-6-8-4-5-9(20-3)11(19)10(8)14/h4-7,19H,1-3H3,(H,17,21)/b15-6-. The highest BCUT2D eigenvalue weighted by molar-refractivity contribution is 9.10. The van der Waals surface area contributed by atoms with Gasteiger partial charge in [-0.25, -0.2) is 0 Å². The fraction of sp³-hybridized carbons (Fsp3) is 0.308. The van der Waals surface area contributed by atoms with Crippen molar-refractivity contribution >= 4 is 34.4 Å². The van der Waals surface area contributed by atoms with Crippen molar-refractivity contribution in [2.45, 2.75) is 19.8 Å². The molecule has 1 heterocycles. The number of nitrogens with zero attached hydrogens (tertiary/aromatic N) is 3. The molecule has 0 saturated heterocycles. The van der Waals surface area contributed by atoms with Crippen molar-refractivity contribution in [1.29, 1.82) is 0 Å². The van der Waals surface area contributed by atoms with E-state index in [9.17, 15) is 5.11 Å². The topological polar surface area (TPSA) is 75.4 Å². The number of ether oxygens (including phenoxy) is 1. The van der Waals surface area contributed by atoms with E-state index >= 15 is 0 Å². The summed E-state index contributed by atoms with van der Waals surface area (Å²) < 4.78 is 7.53. The summed E-state index contributed by atoms with van der Waals surface area (Å²) in [6.07, 6.45) is 1.60. The molecule has 1 aromatic heterocycles. The monoisotopic (exact) mass is 370 g/mol. The molecule has 0 bridgehead atoms. The van der Waals surface area contributed by atoms with E-state index in [0.717, 1.165) is 5.82 Å². The summed E-state index contributed by atoms with van der Waals surface area (Å²) in [5.41, 5.74) is 0.700. The summed E-state index contributed by atoms with van der Waals surface area (Å²) in [5, 5.41) is 21.1. The van der Waals surface area contributed by atoms with Crippen LogP contribution < -0.4 is 4.74 Å². The lowest BCUT2D eigenvalue weighted by molar-refractivity contribution is 0.372. The number of phenolic OH excluding ortho intramolecular Hbond substituents is 1. The first kappa shape index (κ1) is 15.7. The molecule has 1 aromatic carbocycles. The highest BCUT2D eigenvalue weighted by Gasteiger charge is 2.11. The third kappa shape index (κ3) is 3.16. The molecule has 0 radical (unpaired) electrons. The fourth-order valence-corrected chi connectivity index (χ4v) is 2.35. The van der Waals surface area contributed by atoms with E-state index in [-0.39, 0.29) is 11.7 Å². The van der Waals surface area contributed by atoms with Gasteiger partial charge in [0.25, 0.3) is 0 Å². The first-order valence-corrected chi connectivity index (χ1v) is 7.43. The third-order valence-electron chi connectivity index (χ3n) is 2.83. The van der Waals surface area contributed by atoms with E-state index in [2.05, 4.69) is 31.2 Å². The molecule has 0 fully saturated rings. The van der Waals surface area contributed by atoms with Gasteiger partial charge in [-0.15, -0.1) is 0 Å². The Kier molecular flexibility index (Phi) is 4.79. The van der Waals surface area contributed by atoms with Crippen LogP contribution in [0.4, 0.5) is 0 Å². The first-order chi connectivity index (χ1) is 9.95. The van der Waals surface area contributed by atoms with Crippen molar-refractivity contribution in [3.63, 3.8) is 0 Å². The molecule has 0 atom stereocenters. The van der Waals surface area contributed by atoms with Crippen LogP contribution in [0.25, 0.3) is 0 Å². The molecule has 8 heteroatoms. The maximum Gasteiger partial charge on any atom is 0.216 e. The number of aromatic hydroxyl groups is 1. The lowest BCUT2D eigenvalue weighted by atomic mass is 10.2. The minimum absolute atomic E-state index is 0.0290. The Bertz CT molecular complexity index is 736. The predicted molar refractivity (Wildman–Crippen MR) is 86.9 cm³/mol. The predicted octanol–water partition coefficient (Wildman–Crippen LogP) is 3.42.